The molecule has 10 aromatic carbocycles. The Morgan fingerprint density at radius 3 is 1.27 bits per heavy atom. The van der Waals surface area contributed by atoms with Gasteiger partial charge in [-0.05, 0) is 165 Å². The van der Waals surface area contributed by atoms with Gasteiger partial charge in [-0.3, -0.25) is 0 Å². The molecule has 0 aliphatic heterocycles. The van der Waals surface area contributed by atoms with Gasteiger partial charge in [0.2, 0.25) is 0 Å². The van der Waals surface area contributed by atoms with Crippen molar-refractivity contribution < 1.29 is 13.2 Å². The molecule has 0 fully saturated rings. The van der Waals surface area contributed by atoms with Gasteiger partial charge in [-0.15, -0.1) is 0 Å². The Hall–Kier alpha value is -13.0. The van der Waals surface area contributed by atoms with Crippen molar-refractivity contribution in [3.8, 4) is 97.4 Å². The number of halogens is 3. The zero-order valence-electron chi connectivity index (χ0n) is 44.3. The molecule has 0 spiro atoms. The van der Waals surface area contributed by atoms with E-state index in [0.717, 1.165) is 6.07 Å². The fourth-order valence-electron chi connectivity index (χ4n) is 11.5. The number of aryl methyl sites for hydroxylation is 1. The van der Waals surface area contributed by atoms with Crippen molar-refractivity contribution in [2.75, 3.05) is 0 Å². The van der Waals surface area contributed by atoms with Gasteiger partial charge in [-0.2, -0.15) is 39.5 Å². The first-order chi connectivity index (χ1) is 41.3. The van der Waals surface area contributed by atoms with Crippen molar-refractivity contribution >= 4 is 66.4 Å². The van der Waals surface area contributed by atoms with Gasteiger partial charge in [0, 0.05) is 32.7 Å². The van der Waals surface area contributed by atoms with Crippen LogP contribution in [0.15, 0.2) is 176 Å². The Labute approximate surface area is 483 Å². The molecule has 0 unspecified atom stereocenters. The van der Waals surface area contributed by atoms with E-state index in [0.29, 0.717) is 99.2 Å². The highest BCUT2D eigenvalue weighted by atomic mass is 19.4. The van der Waals surface area contributed by atoms with Crippen LogP contribution in [0.2, 0.25) is 0 Å². The molecule has 0 atom stereocenters. The number of fused-ring (bicyclic) bond motifs is 6. The standard InChI is InChI=1S/C71H32F3N11/c1-40-7-6-8-61(71(72,73)74)70(40)47-32-68(84-64-21-11-43(52-17-9-41(35-75)25-48(52)37-77)28-56(64)58-30-45(13-23-66(58)84)54-18-10-42(36-76)26-62(54)82-4)60(39-79)69(33-47)85-65-22-12-44(53-19-15-50(80-2)27-49(53)38-78)29-57(65)59-31-46(14-24-67(59)85)55-20-16-51(81-3)34-63(55)83-5/h6-34H,1H3. The van der Waals surface area contributed by atoms with Gasteiger partial charge in [0.05, 0.1) is 101 Å². The summed E-state index contributed by atoms with van der Waals surface area (Å²) in [6, 6.07) is 59.4. The first kappa shape index (κ1) is 52.7. The monoisotopic (exact) mass is 1100 g/mol. The number of alkyl halides is 3. The molecular formula is C71H32F3N11. The number of nitriles is 5. The molecule has 12 rings (SSSR count). The summed E-state index contributed by atoms with van der Waals surface area (Å²) in [5.74, 6) is 0. The third-order valence-corrected chi connectivity index (χ3v) is 15.3. The lowest BCUT2D eigenvalue weighted by atomic mass is 9.92. The molecule has 0 saturated carbocycles. The Morgan fingerprint density at radius 1 is 0.400 bits per heavy atom. The lowest BCUT2D eigenvalue weighted by Gasteiger charge is -2.21. The fraction of sp³-hybridized carbons (Fsp3) is 0.0282. The number of aromatic nitrogens is 2. The smallest absolute Gasteiger partial charge is 0.308 e. The van der Waals surface area contributed by atoms with Crippen LogP contribution in [0.4, 0.5) is 35.9 Å². The zero-order chi connectivity index (χ0) is 59.4. The molecule has 0 bridgehead atoms. The van der Waals surface area contributed by atoms with Crippen molar-refractivity contribution in [3.05, 3.63) is 261 Å². The third kappa shape index (κ3) is 8.71. The van der Waals surface area contributed by atoms with Crippen LogP contribution in [0.3, 0.4) is 0 Å². The van der Waals surface area contributed by atoms with E-state index in [1.807, 2.05) is 57.7 Å². The maximum Gasteiger partial charge on any atom is 0.417 e. The summed E-state index contributed by atoms with van der Waals surface area (Å²) in [5.41, 5.74) is 8.53. The number of nitrogens with zero attached hydrogens (tertiary/aromatic N) is 11. The van der Waals surface area contributed by atoms with Gasteiger partial charge in [-0.1, -0.05) is 78.9 Å². The van der Waals surface area contributed by atoms with Crippen LogP contribution < -0.4 is 0 Å². The molecule has 2 heterocycles. The predicted molar refractivity (Wildman–Crippen MR) is 321 cm³/mol. The number of hydrogen-bond donors (Lipinski definition) is 0. The SMILES string of the molecule is [C-]#[N+]c1ccc(-c2ccc3c(c2)c2cc(-c4ccc([N+]#[C-])cc4[N+]#[C-])ccc2n3-c2cc(-c3c(C)cccc3C(F)(F)F)cc(-n3c4ccc(-c5ccc(C#N)cc5C#N)cc4c4cc(-c5ccc(C#N)cc5[N+]#[C-])ccc43)c2C#N)c(C#N)c1. The minimum absolute atomic E-state index is 0.0533. The molecule has 0 aliphatic carbocycles. The second kappa shape index (κ2) is 20.6. The van der Waals surface area contributed by atoms with E-state index in [1.165, 1.54) is 30.3 Å². The summed E-state index contributed by atoms with van der Waals surface area (Å²) in [5, 5.41) is 54.5. The van der Waals surface area contributed by atoms with E-state index in [1.54, 1.807) is 97.9 Å². The molecule has 14 heteroatoms. The van der Waals surface area contributed by atoms with Crippen LogP contribution >= 0.6 is 0 Å². The molecule has 0 radical (unpaired) electrons. The lowest BCUT2D eigenvalue weighted by molar-refractivity contribution is -0.137. The van der Waals surface area contributed by atoms with Crippen molar-refractivity contribution in [1.82, 2.24) is 9.13 Å². The first-order valence-electron chi connectivity index (χ1n) is 25.9. The molecule has 11 nitrogen and oxygen atoms in total. The van der Waals surface area contributed by atoms with E-state index in [9.17, 15) is 26.3 Å². The van der Waals surface area contributed by atoms with Gasteiger partial charge < -0.3 is 9.13 Å². The Kier molecular flexibility index (Phi) is 12.8. The van der Waals surface area contributed by atoms with E-state index < -0.39 is 11.7 Å². The maximum absolute atomic E-state index is 15.5. The summed E-state index contributed by atoms with van der Waals surface area (Å²) in [6.45, 7) is 33.0. The van der Waals surface area contributed by atoms with Crippen LogP contribution in [-0.2, 0) is 6.18 Å². The maximum atomic E-state index is 15.5. The molecule has 0 N–H and O–H groups in total. The molecule has 85 heavy (non-hydrogen) atoms. The highest BCUT2D eigenvalue weighted by molar-refractivity contribution is 6.14. The van der Waals surface area contributed by atoms with Crippen LogP contribution in [0.25, 0.3) is 130 Å². The Bertz CT molecular complexity index is 4820. The van der Waals surface area contributed by atoms with Crippen molar-refractivity contribution in [2.24, 2.45) is 0 Å². The van der Waals surface area contributed by atoms with Crippen molar-refractivity contribution in [3.63, 3.8) is 0 Å². The first-order valence-corrected chi connectivity index (χ1v) is 25.9. The molecule has 392 valence electrons. The summed E-state index contributed by atoms with van der Waals surface area (Å²) in [7, 11) is 0. The van der Waals surface area contributed by atoms with Crippen LogP contribution in [0, 0.1) is 89.9 Å². The van der Waals surface area contributed by atoms with Crippen molar-refractivity contribution in [2.45, 2.75) is 13.1 Å². The lowest BCUT2D eigenvalue weighted by Crippen LogP contribution is -2.10. The Balaban J connectivity index is 1.22. The second-order valence-electron chi connectivity index (χ2n) is 19.9. The average molecular weight is 1100 g/mol. The summed E-state index contributed by atoms with van der Waals surface area (Å²) < 4.78 is 50.3. The molecule has 12 aromatic rings. The van der Waals surface area contributed by atoms with Crippen LogP contribution in [0.1, 0.15) is 38.9 Å². The molecule has 0 amide bonds. The quantitative estimate of drug-likeness (QED) is 0.146. The molecule has 2 aromatic heterocycles. The Morgan fingerprint density at radius 2 is 0.824 bits per heavy atom. The fourth-order valence-corrected chi connectivity index (χ4v) is 11.5. The van der Waals surface area contributed by atoms with E-state index in [2.05, 4.69) is 49.7 Å². The second-order valence-corrected chi connectivity index (χ2v) is 19.9. The molecular weight excluding hydrogens is 1060 g/mol. The summed E-state index contributed by atoms with van der Waals surface area (Å²) in [6.07, 6.45) is -4.83. The molecule has 0 saturated heterocycles. The summed E-state index contributed by atoms with van der Waals surface area (Å²) in [4.78, 5) is 14.6. The van der Waals surface area contributed by atoms with E-state index in [4.69, 9.17) is 26.3 Å². The van der Waals surface area contributed by atoms with Gasteiger partial charge >= 0.3 is 6.18 Å². The van der Waals surface area contributed by atoms with E-state index >= 15 is 13.2 Å². The predicted octanol–water partition coefficient (Wildman–Crippen LogP) is 19.1. The van der Waals surface area contributed by atoms with Crippen molar-refractivity contribution in [1.29, 1.82) is 26.3 Å². The third-order valence-electron chi connectivity index (χ3n) is 15.3. The zero-order valence-corrected chi connectivity index (χ0v) is 44.3. The average Bonchev–Trinajstić information content (AvgIpc) is 2.91. The normalized spacial score (nSPS) is 11.0. The summed E-state index contributed by atoms with van der Waals surface area (Å²) >= 11 is 0. The van der Waals surface area contributed by atoms with E-state index in [-0.39, 0.29) is 67.5 Å². The minimum atomic E-state index is -4.83. The van der Waals surface area contributed by atoms with Gasteiger partial charge in [0.25, 0.3) is 0 Å². The minimum Gasteiger partial charge on any atom is -0.308 e. The van der Waals surface area contributed by atoms with Gasteiger partial charge in [-0.25, -0.2) is 19.4 Å². The number of rotatable bonds is 7. The highest BCUT2D eigenvalue weighted by Crippen LogP contribution is 2.47. The highest BCUT2D eigenvalue weighted by Gasteiger charge is 2.35. The topological polar surface area (TPSA) is 146 Å². The van der Waals surface area contributed by atoms with Crippen LogP contribution in [0.5, 0.6) is 0 Å². The van der Waals surface area contributed by atoms with Crippen LogP contribution in [-0.4, -0.2) is 9.13 Å². The molecule has 0 aliphatic rings. The van der Waals surface area contributed by atoms with Gasteiger partial charge in [0.15, 0.2) is 22.7 Å². The number of hydrogen-bond acceptors (Lipinski definition) is 5. The largest absolute Gasteiger partial charge is 0.417 e. The number of benzene rings is 10. The van der Waals surface area contributed by atoms with Gasteiger partial charge in [0.1, 0.15) is 11.6 Å².